The smallest absolute Gasteiger partial charge is 0.465 e. The number of aliphatic hydroxyl groups excluding tert-OH is 1. The Bertz CT molecular complexity index is 303. The molecule has 2 atom stereocenters. The second kappa shape index (κ2) is 9.56. The van der Waals surface area contributed by atoms with Gasteiger partial charge in [0.05, 0.1) is 19.6 Å². The van der Waals surface area contributed by atoms with Crippen molar-refractivity contribution in [1.29, 1.82) is 0 Å². The maximum absolute atomic E-state index is 11.7. The maximum atomic E-state index is 11.7. The lowest BCUT2D eigenvalue weighted by atomic mass is 9.84. The SMILES string of the molecule is COC(=O)[C@H]([C@@H](O)C1CCCCC1)[S+](C)C.F[B-](F)(F)F. The third kappa shape index (κ3) is 9.24. The topological polar surface area (TPSA) is 46.5 Å². The first-order valence-electron chi connectivity index (χ1n) is 6.77. The molecule has 1 aliphatic carbocycles. The molecule has 1 rings (SSSR count). The molecule has 0 amide bonds. The number of methoxy groups -OCH3 is 1. The maximum Gasteiger partial charge on any atom is 0.673 e. The summed E-state index contributed by atoms with van der Waals surface area (Å²) >= 11 is 0. The van der Waals surface area contributed by atoms with Crippen LogP contribution in [0.5, 0.6) is 0 Å². The fraction of sp³-hybridized carbons (Fsp3) is 0.917. The van der Waals surface area contributed by atoms with Gasteiger partial charge in [0.1, 0.15) is 6.10 Å². The molecule has 0 aliphatic heterocycles. The lowest BCUT2D eigenvalue weighted by molar-refractivity contribution is -0.143. The van der Waals surface area contributed by atoms with Crippen LogP contribution < -0.4 is 0 Å². The minimum atomic E-state index is -6.00. The molecule has 0 aromatic rings. The average molecular weight is 334 g/mol. The molecule has 21 heavy (non-hydrogen) atoms. The molecular weight excluding hydrogens is 311 g/mol. The molecule has 1 fully saturated rings. The zero-order chi connectivity index (χ0) is 16.6. The van der Waals surface area contributed by atoms with Crippen molar-refractivity contribution in [2.75, 3.05) is 19.6 Å². The Labute approximate surface area is 125 Å². The average Bonchev–Trinajstić information content (AvgIpc) is 2.37. The number of esters is 1. The summed E-state index contributed by atoms with van der Waals surface area (Å²) in [7, 11) is -4.74. The van der Waals surface area contributed by atoms with E-state index in [1.807, 2.05) is 12.5 Å². The van der Waals surface area contributed by atoms with E-state index in [1.54, 1.807) is 0 Å². The third-order valence-corrected chi connectivity index (χ3v) is 4.87. The van der Waals surface area contributed by atoms with Gasteiger partial charge in [-0.25, -0.2) is 4.79 Å². The zero-order valence-corrected chi connectivity index (χ0v) is 13.3. The van der Waals surface area contributed by atoms with Gasteiger partial charge in [-0.3, -0.25) is 0 Å². The summed E-state index contributed by atoms with van der Waals surface area (Å²) in [6.07, 6.45) is 9.17. The summed E-state index contributed by atoms with van der Waals surface area (Å²) in [4.78, 5) is 11.7. The quantitative estimate of drug-likeness (QED) is 0.372. The van der Waals surface area contributed by atoms with Gasteiger partial charge >= 0.3 is 13.2 Å². The van der Waals surface area contributed by atoms with Crippen molar-refractivity contribution in [2.45, 2.75) is 43.5 Å². The van der Waals surface area contributed by atoms with Gasteiger partial charge < -0.3 is 27.1 Å². The van der Waals surface area contributed by atoms with Crippen LogP contribution in [-0.4, -0.2) is 49.3 Å². The second-order valence-corrected chi connectivity index (χ2v) is 7.47. The Balaban J connectivity index is 0.000000690. The third-order valence-electron chi connectivity index (χ3n) is 3.38. The highest BCUT2D eigenvalue weighted by molar-refractivity contribution is 7.96. The van der Waals surface area contributed by atoms with E-state index in [2.05, 4.69) is 0 Å². The molecule has 0 aromatic carbocycles. The molecule has 1 N–H and O–H groups in total. The van der Waals surface area contributed by atoms with Crippen LogP contribution in [0, 0.1) is 5.92 Å². The summed E-state index contributed by atoms with van der Waals surface area (Å²) in [6, 6.07) is 0. The molecule has 3 nitrogen and oxygen atoms in total. The number of rotatable bonds is 4. The highest BCUT2D eigenvalue weighted by atomic mass is 32.2. The molecule has 0 heterocycles. The van der Waals surface area contributed by atoms with Crippen LogP contribution in [0.15, 0.2) is 0 Å². The Morgan fingerprint density at radius 2 is 1.62 bits per heavy atom. The van der Waals surface area contributed by atoms with Crippen molar-refractivity contribution in [3.8, 4) is 0 Å². The van der Waals surface area contributed by atoms with Gasteiger partial charge in [-0.2, -0.15) is 0 Å². The van der Waals surface area contributed by atoms with E-state index in [0.717, 1.165) is 12.8 Å². The van der Waals surface area contributed by atoms with Crippen molar-refractivity contribution in [1.82, 2.24) is 0 Å². The van der Waals surface area contributed by atoms with Crippen molar-refractivity contribution >= 4 is 24.1 Å². The first kappa shape index (κ1) is 20.6. The molecule has 0 saturated heterocycles. The van der Waals surface area contributed by atoms with Gasteiger partial charge in [0.15, 0.2) is 0 Å². The molecular formula is C12H23BF4O3S. The van der Waals surface area contributed by atoms with Crippen molar-refractivity contribution in [3.05, 3.63) is 0 Å². The van der Waals surface area contributed by atoms with E-state index >= 15 is 0 Å². The molecule has 126 valence electrons. The van der Waals surface area contributed by atoms with E-state index in [9.17, 15) is 27.2 Å². The number of ether oxygens (including phenoxy) is 1. The zero-order valence-electron chi connectivity index (χ0n) is 12.5. The van der Waals surface area contributed by atoms with Gasteiger partial charge in [0.2, 0.25) is 5.25 Å². The first-order valence-corrected chi connectivity index (χ1v) is 8.88. The summed E-state index contributed by atoms with van der Waals surface area (Å²) in [5.41, 5.74) is 0. The standard InChI is InChI=1S/C12H23O3S.BF4/c1-15-12(14)11(16(2)3)10(13)9-7-5-4-6-8-9;2-1(3,4)5/h9-11,13H,4-8H2,1-3H3;/q+1;-1/t10-,11-;/m0./s1. The highest BCUT2D eigenvalue weighted by Gasteiger charge is 2.42. The van der Waals surface area contributed by atoms with Crippen molar-refractivity contribution < 1.29 is 31.9 Å². The summed E-state index contributed by atoms with van der Waals surface area (Å²) in [6.45, 7) is 0. The van der Waals surface area contributed by atoms with Gasteiger partial charge in [-0.05, 0) is 29.7 Å². The van der Waals surface area contributed by atoms with Crippen LogP contribution in [0.1, 0.15) is 32.1 Å². The largest absolute Gasteiger partial charge is 0.673 e. The minimum absolute atomic E-state index is 0.140. The van der Waals surface area contributed by atoms with E-state index < -0.39 is 13.4 Å². The molecule has 0 unspecified atom stereocenters. The number of carbonyl (C=O) groups excluding carboxylic acids is 1. The number of carbonyl (C=O) groups is 1. The Morgan fingerprint density at radius 3 is 1.95 bits per heavy atom. The number of aliphatic hydroxyl groups is 1. The molecule has 0 bridgehead atoms. The predicted octanol–water partition coefficient (Wildman–Crippen LogP) is 2.65. The van der Waals surface area contributed by atoms with Crippen LogP contribution in [0.3, 0.4) is 0 Å². The Hall–Kier alpha value is -0.435. The van der Waals surface area contributed by atoms with Crippen LogP contribution >= 0.6 is 0 Å². The van der Waals surface area contributed by atoms with E-state index in [0.29, 0.717) is 0 Å². The summed E-state index contributed by atoms with van der Waals surface area (Å²) < 4.78 is 43.8. The second-order valence-electron chi connectivity index (χ2n) is 5.21. The number of hydrogen-bond donors (Lipinski definition) is 1. The summed E-state index contributed by atoms with van der Waals surface area (Å²) in [5, 5.41) is 9.97. The van der Waals surface area contributed by atoms with Gasteiger partial charge in [0, 0.05) is 0 Å². The highest BCUT2D eigenvalue weighted by Crippen LogP contribution is 2.29. The molecule has 9 heteroatoms. The van der Waals surface area contributed by atoms with E-state index in [4.69, 9.17) is 4.74 Å². The van der Waals surface area contributed by atoms with Gasteiger partial charge in [-0.15, -0.1) is 0 Å². The van der Waals surface area contributed by atoms with Crippen LogP contribution in [0.25, 0.3) is 0 Å². The summed E-state index contributed by atoms with van der Waals surface area (Å²) in [5.74, 6) is 0.0270. The first-order chi connectivity index (χ1) is 9.57. The fourth-order valence-electron chi connectivity index (χ4n) is 2.45. The van der Waals surface area contributed by atoms with Crippen LogP contribution in [-0.2, 0) is 20.4 Å². The minimum Gasteiger partial charge on any atom is -0.465 e. The molecule has 0 aromatic heterocycles. The Kier molecular flexibility index (Phi) is 9.36. The lowest BCUT2D eigenvalue weighted by Crippen LogP contribution is -2.45. The van der Waals surface area contributed by atoms with Gasteiger partial charge in [0.25, 0.3) is 0 Å². The normalized spacial score (nSPS) is 19.5. The molecule has 0 radical (unpaired) electrons. The predicted molar refractivity (Wildman–Crippen MR) is 77.8 cm³/mol. The molecule has 0 spiro atoms. The van der Waals surface area contributed by atoms with Gasteiger partial charge in [-0.1, -0.05) is 19.3 Å². The van der Waals surface area contributed by atoms with Crippen LogP contribution in [0.4, 0.5) is 17.3 Å². The number of hydrogen-bond acceptors (Lipinski definition) is 3. The monoisotopic (exact) mass is 334 g/mol. The van der Waals surface area contributed by atoms with Crippen LogP contribution in [0.2, 0.25) is 0 Å². The molecule has 1 saturated carbocycles. The van der Waals surface area contributed by atoms with Crippen molar-refractivity contribution in [2.24, 2.45) is 5.92 Å². The Morgan fingerprint density at radius 1 is 1.19 bits per heavy atom. The van der Waals surface area contributed by atoms with E-state index in [1.165, 1.54) is 26.4 Å². The molecule has 1 aliphatic rings. The fourth-order valence-corrected chi connectivity index (χ4v) is 3.71. The lowest BCUT2D eigenvalue weighted by Gasteiger charge is -2.28. The van der Waals surface area contributed by atoms with E-state index in [-0.39, 0.29) is 28.0 Å². The number of halogens is 4. The van der Waals surface area contributed by atoms with Crippen molar-refractivity contribution in [3.63, 3.8) is 0 Å².